The first-order valence-electron chi connectivity index (χ1n) is 8.14. The predicted octanol–water partition coefficient (Wildman–Crippen LogP) is 1.11. The number of carbonyl (C=O) groups is 2. The van der Waals surface area contributed by atoms with E-state index in [1.165, 1.54) is 13.3 Å². The average Bonchev–Trinajstić information content (AvgIpc) is 2.44. The summed E-state index contributed by atoms with van der Waals surface area (Å²) in [5.74, 6) is 1.43. The van der Waals surface area contributed by atoms with E-state index in [1.807, 2.05) is 4.90 Å². The molecule has 0 aromatic rings. The van der Waals surface area contributed by atoms with Crippen molar-refractivity contribution < 1.29 is 14.7 Å². The molecular formula is C16H28N2O3. The summed E-state index contributed by atoms with van der Waals surface area (Å²) in [5, 5.41) is 9.34. The number of aliphatic hydroxyl groups is 1. The fraction of sp³-hybridized carbons (Fsp3) is 0.875. The third-order valence-electron chi connectivity index (χ3n) is 4.79. The van der Waals surface area contributed by atoms with Gasteiger partial charge in [0.05, 0.1) is 0 Å². The van der Waals surface area contributed by atoms with Crippen LogP contribution in [0.3, 0.4) is 0 Å². The molecule has 2 rings (SSSR count). The van der Waals surface area contributed by atoms with Crippen LogP contribution in [0.25, 0.3) is 0 Å². The van der Waals surface area contributed by atoms with Gasteiger partial charge in [-0.05, 0) is 38.0 Å². The van der Waals surface area contributed by atoms with E-state index in [1.54, 1.807) is 4.90 Å². The molecule has 1 heterocycles. The maximum Gasteiger partial charge on any atom is 0.251 e. The molecular weight excluding hydrogens is 268 g/mol. The van der Waals surface area contributed by atoms with Crippen LogP contribution in [-0.2, 0) is 9.59 Å². The first-order valence-corrected chi connectivity index (χ1v) is 8.14. The first-order chi connectivity index (χ1) is 9.88. The lowest BCUT2D eigenvalue weighted by atomic mass is 9.76. The van der Waals surface area contributed by atoms with E-state index in [0.717, 1.165) is 12.8 Å². The zero-order chi connectivity index (χ0) is 15.6. The molecule has 1 N–H and O–H groups in total. The Balaban J connectivity index is 1.87. The Hall–Kier alpha value is -1.10. The highest BCUT2D eigenvalue weighted by molar-refractivity contribution is 5.81. The summed E-state index contributed by atoms with van der Waals surface area (Å²) in [7, 11) is 0. The molecule has 1 aliphatic carbocycles. The second-order valence-corrected chi connectivity index (χ2v) is 6.94. The van der Waals surface area contributed by atoms with Crippen molar-refractivity contribution in [1.29, 1.82) is 0 Å². The lowest BCUT2D eigenvalue weighted by Gasteiger charge is -2.39. The van der Waals surface area contributed by atoms with Crippen molar-refractivity contribution in [2.24, 2.45) is 17.8 Å². The Bertz CT molecular complexity index is 379. The first kappa shape index (κ1) is 16.3. The van der Waals surface area contributed by atoms with Crippen LogP contribution in [0.1, 0.15) is 40.0 Å². The highest BCUT2D eigenvalue weighted by atomic mass is 16.3. The second-order valence-electron chi connectivity index (χ2n) is 6.94. The molecule has 5 nitrogen and oxygen atoms in total. The van der Waals surface area contributed by atoms with Crippen molar-refractivity contribution in [3.05, 3.63) is 0 Å². The van der Waals surface area contributed by atoms with E-state index in [0.29, 0.717) is 38.0 Å². The van der Waals surface area contributed by atoms with E-state index >= 15 is 0 Å². The maximum atomic E-state index is 12.6. The summed E-state index contributed by atoms with van der Waals surface area (Å²) >= 11 is 0. The molecule has 2 aliphatic rings. The number of nitrogens with zero attached hydrogens (tertiary/aromatic N) is 2. The van der Waals surface area contributed by atoms with Crippen LogP contribution in [0.2, 0.25) is 0 Å². The molecule has 0 spiro atoms. The lowest BCUT2D eigenvalue weighted by molar-refractivity contribution is -0.147. The lowest BCUT2D eigenvalue weighted by Crippen LogP contribution is -2.54. The van der Waals surface area contributed by atoms with Gasteiger partial charge in [0.1, 0.15) is 6.10 Å². The number of rotatable bonds is 2. The van der Waals surface area contributed by atoms with Crippen molar-refractivity contribution in [3.63, 3.8) is 0 Å². The Kier molecular flexibility index (Phi) is 5.25. The molecule has 1 saturated heterocycles. The van der Waals surface area contributed by atoms with Gasteiger partial charge in [-0.3, -0.25) is 9.59 Å². The van der Waals surface area contributed by atoms with Gasteiger partial charge < -0.3 is 14.9 Å². The molecule has 3 atom stereocenters. The van der Waals surface area contributed by atoms with E-state index < -0.39 is 6.10 Å². The van der Waals surface area contributed by atoms with E-state index in [-0.39, 0.29) is 17.7 Å². The molecule has 1 saturated carbocycles. The Morgan fingerprint density at radius 3 is 1.90 bits per heavy atom. The summed E-state index contributed by atoms with van der Waals surface area (Å²) in [5.41, 5.74) is 0. The largest absolute Gasteiger partial charge is 0.384 e. The summed E-state index contributed by atoms with van der Waals surface area (Å²) < 4.78 is 0. The third-order valence-corrected chi connectivity index (χ3v) is 4.79. The van der Waals surface area contributed by atoms with Crippen molar-refractivity contribution in [2.75, 3.05) is 26.2 Å². The van der Waals surface area contributed by atoms with Crippen LogP contribution in [0.15, 0.2) is 0 Å². The van der Waals surface area contributed by atoms with E-state index in [9.17, 15) is 14.7 Å². The number of hydrogen-bond acceptors (Lipinski definition) is 3. The highest BCUT2D eigenvalue weighted by Crippen LogP contribution is 2.34. The maximum absolute atomic E-state index is 12.6. The van der Waals surface area contributed by atoms with Gasteiger partial charge in [0.25, 0.3) is 5.91 Å². The Labute approximate surface area is 127 Å². The molecule has 0 aromatic carbocycles. The topological polar surface area (TPSA) is 60.9 Å². The van der Waals surface area contributed by atoms with Crippen LogP contribution in [0, 0.1) is 17.8 Å². The molecule has 0 radical (unpaired) electrons. The molecule has 3 unspecified atom stereocenters. The van der Waals surface area contributed by atoms with Crippen LogP contribution < -0.4 is 0 Å². The number of piperazine rings is 1. The minimum atomic E-state index is -0.952. The Morgan fingerprint density at radius 2 is 1.43 bits per heavy atom. The van der Waals surface area contributed by atoms with Gasteiger partial charge in [0.2, 0.25) is 5.91 Å². The van der Waals surface area contributed by atoms with Crippen LogP contribution >= 0.6 is 0 Å². The summed E-state index contributed by atoms with van der Waals surface area (Å²) in [6.07, 6.45) is 2.26. The number of hydrogen-bond donors (Lipinski definition) is 1. The van der Waals surface area contributed by atoms with Crippen molar-refractivity contribution in [2.45, 2.75) is 46.1 Å². The van der Waals surface area contributed by atoms with Crippen molar-refractivity contribution in [1.82, 2.24) is 9.80 Å². The van der Waals surface area contributed by atoms with Crippen LogP contribution in [-0.4, -0.2) is 59.0 Å². The molecule has 120 valence electrons. The standard InChI is InChI=1S/C16H28N2O3/c1-11-8-12(2)10-14(9-11)16(21)18-6-4-17(5-7-18)15(20)13(3)19/h11-14,19H,4-10H2,1-3H3. The quantitative estimate of drug-likeness (QED) is 0.830. The van der Waals surface area contributed by atoms with Gasteiger partial charge in [-0.1, -0.05) is 13.8 Å². The minimum absolute atomic E-state index is 0.155. The highest BCUT2D eigenvalue weighted by Gasteiger charge is 2.33. The fourth-order valence-corrected chi connectivity index (χ4v) is 3.82. The monoisotopic (exact) mass is 296 g/mol. The van der Waals surface area contributed by atoms with Crippen molar-refractivity contribution >= 4 is 11.8 Å². The van der Waals surface area contributed by atoms with Gasteiger partial charge in [-0.15, -0.1) is 0 Å². The SMILES string of the molecule is CC1CC(C)CC(C(=O)N2CCN(C(=O)C(C)O)CC2)C1. The number of amides is 2. The molecule has 2 fully saturated rings. The minimum Gasteiger partial charge on any atom is -0.384 e. The second kappa shape index (κ2) is 6.77. The molecule has 0 bridgehead atoms. The average molecular weight is 296 g/mol. The Morgan fingerprint density at radius 1 is 0.952 bits per heavy atom. The van der Waals surface area contributed by atoms with Gasteiger partial charge in [-0.2, -0.15) is 0 Å². The van der Waals surface area contributed by atoms with Gasteiger partial charge >= 0.3 is 0 Å². The molecule has 0 aromatic heterocycles. The summed E-state index contributed by atoms with van der Waals surface area (Å²) in [6, 6.07) is 0. The zero-order valence-corrected chi connectivity index (χ0v) is 13.4. The molecule has 2 amide bonds. The predicted molar refractivity (Wildman–Crippen MR) is 80.5 cm³/mol. The smallest absolute Gasteiger partial charge is 0.251 e. The fourth-order valence-electron chi connectivity index (χ4n) is 3.82. The summed E-state index contributed by atoms with van der Waals surface area (Å²) in [6.45, 7) is 8.21. The molecule has 5 heteroatoms. The van der Waals surface area contributed by atoms with Crippen molar-refractivity contribution in [3.8, 4) is 0 Å². The summed E-state index contributed by atoms with van der Waals surface area (Å²) in [4.78, 5) is 27.9. The van der Waals surface area contributed by atoms with Gasteiger partial charge in [0, 0.05) is 32.1 Å². The van der Waals surface area contributed by atoms with Crippen LogP contribution in [0.4, 0.5) is 0 Å². The van der Waals surface area contributed by atoms with Crippen LogP contribution in [0.5, 0.6) is 0 Å². The zero-order valence-electron chi connectivity index (χ0n) is 13.4. The number of aliphatic hydroxyl groups excluding tert-OH is 1. The van der Waals surface area contributed by atoms with Gasteiger partial charge in [0.15, 0.2) is 0 Å². The van der Waals surface area contributed by atoms with Gasteiger partial charge in [-0.25, -0.2) is 0 Å². The molecule has 1 aliphatic heterocycles. The third kappa shape index (κ3) is 3.96. The molecule has 21 heavy (non-hydrogen) atoms. The number of carbonyl (C=O) groups excluding carboxylic acids is 2. The normalized spacial score (nSPS) is 31.9. The van der Waals surface area contributed by atoms with E-state index in [2.05, 4.69) is 13.8 Å². The van der Waals surface area contributed by atoms with E-state index in [4.69, 9.17) is 0 Å².